The summed E-state index contributed by atoms with van der Waals surface area (Å²) in [6.45, 7) is 6.09. The summed E-state index contributed by atoms with van der Waals surface area (Å²) in [5, 5.41) is 11.8. The minimum atomic E-state index is -1.04. The highest BCUT2D eigenvalue weighted by Gasteiger charge is 2.51. The predicted molar refractivity (Wildman–Crippen MR) is 72.9 cm³/mol. The number of carboxylic acid groups (broad SMARTS) is 1. The molecule has 1 unspecified atom stereocenters. The lowest BCUT2D eigenvalue weighted by Crippen LogP contribution is -2.66. The van der Waals surface area contributed by atoms with Gasteiger partial charge in [0.05, 0.1) is 12.0 Å². The van der Waals surface area contributed by atoms with E-state index in [1.54, 1.807) is 20.8 Å². The summed E-state index contributed by atoms with van der Waals surface area (Å²) in [4.78, 5) is 37.8. The highest BCUT2D eigenvalue weighted by molar-refractivity contribution is 5.82. The van der Waals surface area contributed by atoms with E-state index >= 15 is 0 Å². The molecule has 2 rings (SSSR count). The van der Waals surface area contributed by atoms with Gasteiger partial charge in [0.15, 0.2) is 0 Å². The molecule has 118 valence electrons. The molecule has 2 fully saturated rings. The molecule has 3 amide bonds. The van der Waals surface area contributed by atoms with Crippen LogP contribution in [0.1, 0.15) is 27.2 Å². The first-order chi connectivity index (χ1) is 9.63. The van der Waals surface area contributed by atoms with Crippen molar-refractivity contribution in [3.8, 4) is 0 Å². The molecule has 0 aliphatic carbocycles. The summed E-state index contributed by atoms with van der Waals surface area (Å²) in [6.07, 6.45) is -1.46. The highest BCUT2D eigenvalue weighted by atomic mass is 16.6. The van der Waals surface area contributed by atoms with E-state index in [-0.39, 0.29) is 38.5 Å². The van der Waals surface area contributed by atoms with Gasteiger partial charge in [-0.2, -0.15) is 0 Å². The Morgan fingerprint density at radius 2 is 2.00 bits per heavy atom. The first kappa shape index (κ1) is 15.4. The fourth-order valence-electron chi connectivity index (χ4n) is 2.73. The second-order valence-corrected chi connectivity index (χ2v) is 6.51. The van der Waals surface area contributed by atoms with Crippen molar-refractivity contribution in [3.05, 3.63) is 0 Å². The molecule has 1 spiro atoms. The Bertz CT molecular complexity index is 473. The van der Waals surface area contributed by atoms with Crippen LogP contribution in [-0.4, -0.2) is 70.3 Å². The van der Waals surface area contributed by atoms with Gasteiger partial charge in [0.25, 0.3) is 0 Å². The van der Waals surface area contributed by atoms with E-state index in [2.05, 4.69) is 5.32 Å². The van der Waals surface area contributed by atoms with Crippen molar-refractivity contribution in [2.24, 2.45) is 0 Å². The van der Waals surface area contributed by atoms with Crippen molar-refractivity contribution in [2.45, 2.75) is 38.3 Å². The molecule has 0 bridgehead atoms. The quantitative estimate of drug-likeness (QED) is 0.677. The van der Waals surface area contributed by atoms with Gasteiger partial charge in [0.1, 0.15) is 5.60 Å². The summed E-state index contributed by atoms with van der Waals surface area (Å²) < 4.78 is 5.38. The molecule has 2 heterocycles. The molecule has 1 atom stereocenters. The fourth-order valence-corrected chi connectivity index (χ4v) is 2.73. The lowest BCUT2D eigenvalue weighted by atomic mass is 9.93. The zero-order chi connectivity index (χ0) is 15.8. The van der Waals surface area contributed by atoms with Crippen molar-refractivity contribution in [3.63, 3.8) is 0 Å². The van der Waals surface area contributed by atoms with Crippen LogP contribution in [-0.2, 0) is 9.53 Å². The molecule has 2 aliphatic heterocycles. The summed E-state index contributed by atoms with van der Waals surface area (Å²) >= 11 is 0. The zero-order valence-electron chi connectivity index (χ0n) is 12.5. The maximum absolute atomic E-state index is 12.4. The van der Waals surface area contributed by atoms with Gasteiger partial charge in [0, 0.05) is 26.2 Å². The van der Waals surface area contributed by atoms with Gasteiger partial charge >= 0.3 is 12.2 Å². The van der Waals surface area contributed by atoms with E-state index in [0.717, 1.165) is 0 Å². The van der Waals surface area contributed by atoms with Crippen LogP contribution in [0.25, 0.3) is 0 Å². The molecular weight excluding hydrogens is 278 g/mol. The minimum absolute atomic E-state index is 0.0933. The summed E-state index contributed by atoms with van der Waals surface area (Å²) in [5.74, 6) is -0.184. The Morgan fingerprint density at radius 1 is 1.33 bits per heavy atom. The SMILES string of the molecule is CC(C)(C)OC(=O)N1CCN(C(=O)O)CC12CNC(=O)C2. The Morgan fingerprint density at radius 3 is 2.48 bits per heavy atom. The topological polar surface area (TPSA) is 99.2 Å². The van der Waals surface area contributed by atoms with Crippen LogP contribution in [0.3, 0.4) is 0 Å². The average molecular weight is 299 g/mol. The molecule has 0 radical (unpaired) electrons. The van der Waals surface area contributed by atoms with Crippen LogP contribution in [0, 0.1) is 0 Å². The number of hydrogen-bond donors (Lipinski definition) is 2. The predicted octanol–water partition coefficient (Wildman–Crippen LogP) is 0.476. The van der Waals surface area contributed by atoms with Gasteiger partial charge in [-0.3, -0.25) is 9.69 Å². The smallest absolute Gasteiger partial charge is 0.410 e. The van der Waals surface area contributed by atoms with E-state index in [9.17, 15) is 14.4 Å². The van der Waals surface area contributed by atoms with Gasteiger partial charge in [0.2, 0.25) is 5.91 Å². The largest absolute Gasteiger partial charge is 0.465 e. The lowest BCUT2D eigenvalue weighted by Gasteiger charge is -2.47. The standard InChI is InChI=1S/C13H21N3O5/c1-12(2,3)21-11(20)16-5-4-15(10(18)19)8-13(16)6-9(17)14-7-13/h4-8H2,1-3H3,(H,14,17)(H,18,19). The van der Waals surface area contributed by atoms with E-state index < -0.39 is 23.3 Å². The van der Waals surface area contributed by atoms with Crippen LogP contribution < -0.4 is 5.32 Å². The third-order valence-electron chi connectivity index (χ3n) is 3.64. The normalized spacial score (nSPS) is 26.0. The summed E-state index contributed by atoms with van der Waals surface area (Å²) in [6, 6.07) is 0. The van der Waals surface area contributed by atoms with Gasteiger partial charge < -0.3 is 20.1 Å². The molecule has 8 nitrogen and oxygen atoms in total. The third-order valence-corrected chi connectivity index (χ3v) is 3.64. The van der Waals surface area contributed by atoms with Gasteiger partial charge in [-0.05, 0) is 20.8 Å². The first-order valence-corrected chi connectivity index (χ1v) is 6.88. The number of rotatable bonds is 0. The molecule has 21 heavy (non-hydrogen) atoms. The molecule has 0 aromatic rings. The minimum Gasteiger partial charge on any atom is -0.465 e. The maximum Gasteiger partial charge on any atom is 0.410 e. The Kier molecular flexibility index (Phi) is 3.73. The van der Waals surface area contributed by atoms with Crippen LogP contribution in [0.5, 0.6) is 0 Å². The van der Waals surface area contributed by atoms with Gasteiger partial charge in [-0.25, -0.2) is 9.59 Å². The molecular formula is C13H21N3O5. The fraction of sp³-hybridized carbons (Fsp3) is 0.769. The van der Waals surface area contributed by atoms with Crippen molar-refractivity contribution in [1.29, 1.82) is 0 Å². The Hall–Kier alpha value is -1.99. The molecule has 2 aliphatic rings. The third kappa shape index (κ3) is 3.20. The van der Waals surface area contributed by atoms with Crippen molar-refractivity contribution < 1.29 is 24.2 Å². The van der Waals surface area contributed by atoms with Gasteiger partial charge in [-0.1, -0.05) is 0 Å². The van der Waals surface area contributed by atoms with Crippen LogP contribution in [0.4, 0.5) is 9.59 Å². The molecule has 0 saturated carbocycles. The summed E-state index contributed by atoms with van der Waals surface area (Å²) in [5.41, 5.74) is -1.49. The van der Waals surface area contributed by atoms with E-state index in [1.165, 1.54) is 9.80 Å². The monoisotopic (exact) mass is 299 g/mol. The zero-order valence-corrected chi connectivity index (χ0v) is 12.5. The number of nitrogens with zero attached hydrogens (tertiary/aromatic N) is 2. The van der Waals surface area contributed by atoms with Crippen molar-refractivity contribution >= 4 is 18.1 Å². The summed E-state index contributed by atoms with van der Waals surface area (Å²) in [7, 11) is 0. The van der Waals surface area contributed by atoms with E-state index in [4.69, 9.17) is 9.84 Å². The van der Waals surface area contributed by atoms with Crippen LogP contribution in [0.2, 0.25) is 0 Å². The highest BCUT2D eigenvalue weighted by Crippen LogP contribution is 2.30. The second kappa shape index (κ2) is 5.09. The molecule has 0 aromatic heterocycles. The van der Waals surface area contributed by atoms with Crippen LogP contribution >= 0.6 is 0 Å². The van der Waals surface area contributed by atoms with E-state index in [1.807, 2.05) is 0 Å². The van der Waals surface area contributed by atoms with Crippen molar-refractivity contribution in [1.82, 2.24) is 15.1 Å². The first-order valence-electron chi connectivity index (χ1n) is 6.88. The average Bonchev–Trinajstić information content (AvgIpc) is 2.68. The molecule has 2 N–H and O–H groups in total. The van der Waals surface area contributed by atoms with Crippen molar-refractivity contribution in [2.75, 3.05) is 26.2 Å². The van der Waals surface area contributed by atoms with Gasteiger partial charge in [-0.15, -0.1) is 0 Å². The molecule has 2 saturated heterocycles. The number of nitrogens with one attached hydrogen (secondary N) is 1. The number of piperazine rings is 1. The van der Waals surface area contributed by atoms with E-state index in [0.29, 0.717) is 0 Å². The number of carbonyl (C=O) groups excluding carboxylic acids is 2. The number of hydrogen-bond acceptors (Lipinski definition) is 4. The Balaban J connectivity index is 2.21. The lowest BCUT2D eigenvalue weighted by molar-refractivity contribution is -0.120. The number of amides is 3. The Labute approximate surface area is 123 Å². The van der Waals surface area contributed by atoms with Crippen LogP contribution in [0.15, 0.2) is 0 Å². The molecule has 8 heteroatoms. The maximum atomic E-state index is 12.4. The second-order valence-electron chi connectivity index (χ2n) is 6.51. The molecule has 0 aromatic carbocycles. The number of ether oxygens (including phenoxy) is 1. The number of carbonyl (C=O) groups is 3.